The largest absolute Gasteiger partial charge is 0.487 e. The Morgan fingerprint density at radius 3 is 3.00 bits per heavy atom. The highest BCUT2D eigenvalue weighted by Gasteiger charge is 2.28. The third-order valence-corrected chi connectivity index (χ3v) is 2.97. The maximum absolute atomic E-state index is 10.0. The SMILES string of the molecule is C=C(C)CCC(O)C1Cc2ccccc2O1. The molecule has 0 bridgehead atoms. The van der Waals surface area contributed by atoms with E-state index in [1.54, 1.807) is 0 Å². The lowest BCUT2D eigenvalue weighted by Gasteiger charge is -2.17. The minimum atomic E-state index is -0.399. The van der Waals surface area contributed by atoms with Crippen LogP contribution < -0.4 is 4.74 Å². The van der Waals surface area contributed by atoms with Crippen LogP contribution in [0.15, 0.2) is 36.4 Å². The third-order valence-electron chi connectivity index (χ3n) is 2.97. The highest BCUT2D eigenvalue weighted by Crippen LogP contribution is 2.30. The van der Waals surface area contributed by atoms with E-state index in [0.717, 1.165) is 30.6 Å². The molecule has 1 aliphatic rings. The first-order valence-corrected chi connectivity index (χ1v) is 5.74. The van der Waals surface area contributed by atoms with Gasteiger partial charge in [-0.3, -0.25) is 0 Å². The summed E-state index contributed by atoms with van der Waals surface area (Å²) in [6.45, 7) is 5.82. The predicted molar refractivity (Wildman–Crippen MR) is 64.6 cm³/mol. The summed E-state index contributed by atoms with van der Waals surface area (Å²) in [5.41, 5.74) is 2.30. The Morgan fingerprint density at radius 2 is 2.31 bits per heavy atom. The average molecular weight is 218 g/mol. The number of fused-ring (bicyclic) bond motifs is 1. The zero-order valence-corrected chi connectivity index (χ0v) is 9.65. The van der Waals surface area contributed by atoms with Gasteiger partial charge in [0.05, 0.1) is 6.10 Å². The van der Waals surface area contributed by atoms with E-state index in [0.29, 0.717) is 0 Å². The fourth-order valence-electron chi connectivity index (χ4n) is 2.00. The summed E-state index contributed by atoms with van der Waals surface area (Å²) in [5.74, 6) is 0.918. The van der Waals surface area contributed by atoms with Gasteiger partial charge in [-0.05, 0) is 31.4 Å². The predicted octanol–water partition coefficient (Wildman–Crippen LogP) is 2.71. The van der Waals surface area contributed by atoms with E-state index >= 15 is 0 Å². The molecule has 0 amide bonds. The van der Waals surface area contributed by atoms with E-state index in [1.807, 2.05) is 25.1 Å². The Kier molecular flexibility index (Phi) is 3.30. The van der Waals surface area contributed by atoms with Gasteiger partial charge in [0.1, 0.15) is 11.9 Å². The van der Waals surface area contributed by atoms with Crippen LogP contribution in [-0.4, -0.2) is 17.3 Å². The second kappa shape index (κ2) is 4.71. The number of aliphatic hydroxyl groups excluding tert-OH is 1. The fraction of sp³-hybridized carbons (Fsp3) is 0.429. The molecule has 0 spiro atoms. The zero-order chi connectivity index (χ0) is 11.5. The van der Waals surface area contributed by atoms with Crippen molar-refractivity contribution in [3.05, 3.63) is 42.0 Å². The molecule has 2 rings (SSSR count). The van der Waals surface area contributed by atoms with Crippen LogP contribution in [0.2, 0.25) is 0 Å². The van der Waals surface area contributed by atoms with Gasteiger partial charge in [0.25, 0.3) is 0 Å². The number of rotatable bonds is 4. The van der Waals surface area contributed by atoms with E-state index in [2.05, 4.69) is 12.6 Å². The van der Waals surface area contributed by atoms with Crippen LogP contribution in [0.5, 0.6) is 5.75 Å². The Labute approximate surface area is 96.6 Å². The van der Waals surface area contributed by atoms with Crippen molar-refractivity contribution in [3.63, 3.8) is 0 Å². The second-order valence-electron chi connectivity index (χ2n) is 4.53. The van der Waals surface area contributed by atoms with Crippen molar-refractivity contribution in [2.75, 3.05) is 0 Å². The Morgan fingerprint density at radius 1 is 1.56 bits per heavy atom. The molecule has 0 saturated heterocycles. The molecule has 0 saturated carbocycles. The van der Waals surface area contributed by atoms with E-state index in [1.165, 1.54) is 5.56 Å². The van der Waals surface area contributed by atoms with Gasteiger partial charge in [0.15, 0.2) is 0 Å². The number of allylic oxidation sites excluding steroid dienone is 1. The smallest absolute Gasteiger partial charge is 0.129 e. The van der Waals surface area contributed by atoms with Gasteiger partial charge in [-0.25, -0.2) is 0 Å². The van der Waals surface area contributed by atoms with Gasteiger partial charge < -0.3 is 9.84 Å². The van der Waals surface area contributed by atoms with Crippen molar-refractivity contribution in [1.29, 1.82) is 0 Å². The molecule has 2 heteroatoms. The van der Waals surface area contributed by atoms with Crippen molar-refractivity contribution in [2.45, 2.75) is 38.4 Å². The molecule has 1 aromatic carbocycles. The molecule has 2 nitrogen and oxygen atoms in total. The molecule has 2 unspecified atom stereocenters. The standard InChI is InChI=1S/C14H18O2/c1-10(2)7-8-12(15)14-9-11-5-3-4-6-13(11)16-14/h3-6,12,14-15H,1,7-9H2,2H3. The lowest BCUT2D eigenvalue weighted by molar-refractivity contribution is 0.0443. The number of aliphatic hydroxyl groups is 1. The van der Waals surface area contributed by atoms with E-state index in [4.69, 9.17) is 4.74 Å². The van der Waals surface area contributed by atoms with Crippen molar-refractivity contribution >= 4 is 0 Å². The molecule has 0 aromatic heterocycles. The summed E-state index contributed by atoms with van der Waals surface area (Å²) in [7, 11) is 0. The van der Waals surface area contributed by atoms with Crippen molar-refractivity contribution in [3.8, 4) is 5.75 Å². The molecular formula is C14H18O2. The first-order chi connectivity index (χ1) is 7.66. The quantitative estimate of drug-likeness (QED) is 0.787. The summed E-state index contributed by atoms with van der Waals surface area (Å²) < 4.78 is 5.72. The molecule has 2 atom stereocenters. The van der Waals surface area contributed by atoms with Crippen LogP contribution in [-0.2, 0) is 6.42 Å². The normalized spacial score (nSPS) is 20.0. The van der Waals surface area contributed by atoms with Crippen LogP contribution in [0, 0.1) is 0 Å². The molecule has 0 aliphatic carbocycles. The van der Waals surface area contributed by atoms with Crippen LogP contribution in [0.25, 0.3) is 0 Å². The van der Waals surface area contributed by atoms with Crippen LogP contribution in [0.1, 0.15) is 25.3 Å². The monoisotopic (exact) mass is 218 g/mol. The molecule has 1 N–H and O–H groups in total. The van der Waals surface area contributed by atoms with E-state index < -0.39 is 6.10 Å². The number of hydrogen-bond donors (Lipinski definition) is 1. The van der Waals surface area contributed by atoms with Gasteiger partial charge in [-0.1, -0.05) is 23.8 Å². The minimum Gasteiger partial charge on any atom is -0.487 e. The number of para-hydroxylation sites is 1. The summed E-state index contributed by atoms with van der Waals surface area (Å²) >= 11 is 0. The van der Waals surface area contributed by atoms with Crippen LogP contribution >= 0.6 is 0 Å². The summed E-state index contributed by atoms with van der Waals surface area (Å²) in [5, 5.41) is 10.0. The molecule has 0 fully saturated rings. The Hall–Kier alpha value is -1.28. The van der Waals surface area contributed by atoms with Crippen LogP contribution in [0.3, 0.4) is 0 Å². The molecule has 16 heavy (non-hydrogen) atoms. The molecule has 1 heterocycles. The molecule has 1 aromatic rings. The summed E-state index contributed by atoms with van der Waals surface area (Å²) in [4.78, 5) is 0. The van der Waals surface area contributed by atoms with Crippen molar-refractivity contribution < 1.29 is 9.84 Å². The number of ether oxygens (including phenoxy) is 1. The van der Waals surface area contributed by atoms with E-state index in [9.17, 15) is 5.11 Å². The highest BCUT2D eigenvalue weighted by molar-refractivity contribution is 5.37. The van der Waals surface area contributed by atoms with Crippen LogP contribution in [0.4, 0.5) is 0 Å². The molecule has 86 valence electrons. The van der Waals surface area contributed by atoms with Crippen molar-refractivity contribution in [2.24, 2.45) is 0 Å². The summed E-state index contributed by atoms with van der Waals surface area (Å²) in [6, 6.07) is 7.98. The first kappa shape index (κ1) is 11.2. The minimum absolute atomic E-state index is 0.0863. The third kappa shape index (κ3) is 2.45. The zero-order valence-electron chi connectivity index (χ0n) is 9.65. The van der Waals surface area contributed by atoms with Gasteiger partial charge in [0, 0.05) is 6.42 Å². The second-order valence-corrected chi connectivity index (χ2v) is 4.53. The molecular weight excluding hydrogens is 200 g/mol. The van der Waals surface area contributed by atoms with Crippen molar-refractivity contribution in [1.82, 2.24) is 0 Å². The highest BCUT2D eigenvalue weighted by atomic mass is 16.5. The summed E-state index contributed by atoms with van der Waals surface area (Å²) in [6.07, 6.45) is 1.92. The number of hydrogen-bond acceptors (Lipinski definition) is 2. The average Bonchev–Trinajstić information content (AvgIpc) is 2.69. The van der Waals surface area contributed by atoms with Gasteiger partial charge in [0.2, 0.25) is 0 Å². The lowest BCUT2D eigenvalue weighted by atomic mass is 10.0. The lowest BCUT2D eigenvalue weighted by Crippen LogP contribution is -2.30. The Balaban J connectivity index is 1.93. The van der Waals surface area contributed by atoms with Gasteiger partial charge in [-0.2, -0.15) is 0 Å². The topological polar surface area (TPSA) is 29.5 Å². The van der Waals surface area contributed by atoms with Gasteiger partial charge in [-0.15, -0.1) is 6.58 Å². The maximum atomic E-state index is 10.0. The Bertz CT molecular complexity index is 359. The maximum Gasteiger partial charge on any atom is 0.129 e. The molecule has 1 aliphatic heterocycles. The fourth-order valence-corrected chi connectivity index (χ4v) is 2.00. The van der Waals surface area contributed by atoms with E-state index in [-0.39, 0.29) is 6.10 Å². The first-order valence-electron chi connectivity index (χ1n) is 5.74. The molecule has 0 radical (unpaired) electrons. The number of benzene rings is 1. The van der Waals surface area contributed by atoms with Gasteiger partial charge >= 0.3 is 0 Å².